The van der Waals surface area contributed by atoms with Crippen LogP contribution in [-0.2, 0) is 0 Å². The molecule has 1 spiro atoms. The van der Waals surface area contributed by atoms with Gasteiger partial charge in [-0.3, -0.25) is 4.99 Å². The van der Waals surface area contributed by atoms with E-state index in [1.165, 1.54) is 25.7 Å². The van der Waals surface area contributed by atoms with Gasteiger partial charge in [0, 0.05) is 44.9 Å². The topological polar surface area (TPSA) is 55.3 Å². The number of hydrogen-bond donors (Lipinski definition) is 1. The van der Waals surface area contributed by atoms with Crippen molar-refractivity contribution in [2.45, 2.75) is 32.1 Å². The monoisotopic (exact) mass is 489 g/mol. The maximum atomic E-state index is 5.84. The Morgan fingerprint density at radius 1 is 1.11 bits per heavy atom. The first-order chi connectivity index (χ1) is 12.7. The maximum absolute atomic E-state index is 5.84. The van der Waals surface area contributed by atoms with Gasteiger partial charge in [0.2, 0.25) is 0 Å². The predicted molar refractivity (Wildman–Crippen MR) is 119 cm³/mol. The normalized spacial score (nSPS) is 17.9. The highest BCUT2D eigenvalue weighted by Gasteiger charge is 2.43. The van der Waals surface area contributed by atoms with E-state index in [2.05, 4.69) is 15.2 Å². The number of benzene rings is 1. The molecule has 1 saturated heterocycles. The Balaban J connectivity index is 0.00000261. The summed E-state index contributed by atoms with van der Waals surface area (Å²) in [4.78, 5) is 6.86. The van der Waals surface area contributed by atoms with Gasteiger partial charge in [-0.2, -0.15) is 0 Å². The van der Waals surface area contributed by atoms with Gasteiger partial charge in [0.05, 0.1) is 20.8 Å². The van der Waals surface area contributed by atoms with Gasteiger partial charge in [0.1, 0.15) is 17.2 Å². The number of rotatable bonds is 7. The van der Waals surface area contributed by atoms with Crippen molar-refractivity contribution < 1.29 is 14.2 Å². The number of nitrogens with zero attached hydrogens (tertiary/aromatic N) is 2. The fourth-order valence-electron chi connectivity index (χ4n) is 3.86. The molecule has 1 aliphatic carbocycles. The number of halogens is 1. The Bertz CT molecular complexity index is 613. The van der Waals surface area contributed by atoms with E-state index in [4.69, 9.17) is 14.2 Å². The van der Waals surface area contributed by atoms with Gasteiger partial charge in [-0.15, -0.1) is 24.0 Å². The van der Waals surface area contributed by atoms with Crippen molar-refractivity contribution in [3.05, 3.63) is 18.2 Å². The van der Waals surface area contributed by atoms with Crippen LogP contribution in [0.4, 0.5) is 0 Å². The second-order valence-electron chi connectivity index (χ2n) is 7.25. The van der Waals surface area contributed by atoms with Crippen LogP contribution in [0.3, 0.4) is 0 Å². The highest BCUT2D eigenvalue weighted by Crippen LogP contribution is 2.47. The summed E-state index contributed by atoms with van der Waals surface area (Å²) < 4.78 is 16.4. The summed E-state index contributed by atoms with van der Waals surface area (Å²) in [6, 6.07) is 5.58. The lowest BCUT2D eigenvalue weighted by atomic mass is 9.68. The molecule has 1 saturated carbocycles. The Morgan fingerprint density at radius 2 is 1.78 bits per heavy atom. The van der Waals surface area contributed by atoms with Crippen LogP contribution in [0.15, 0.2) is 23.2 Å². The molecule has 27 heavy (non-hydrogen) atoms. The molecule has 0 atom stereocenters. The first kappa shape index (κ1) is 21.9. The summed E-state index contributed by atoms with van der Waals surface area (Å²) in [5, 5.41) is 3.48. The summed E-state index contributed by atoms with van der Waals surface area (Å²) >= 11 is 0. The number of likely N-dealkylation sites (tertiary alicyclic amines) is 1. The summed E-state index contributed by atoms with van der Waals surface area (Å²) in [5.41, 5.74) is 0.589. The number of guanidine groups is 1. The zero-order valence-electron chi connectivity index (χ0n) is 16.6. The third-order valence-corrected chi connectivity index (χ3v) is 5.56. The van der Waals surface area contributed by atoms with Gasteiger partial charge < -0.3 is 24.4 Å². The number of nitrogens with one attached hydrogen (secondary N) is 1. The molecule has 2 aliphatic rings. The minimum absolute atomic E-state index is 0. The van der Waals surface area contributed by atoms with Gasteiger partial charge in [-0.1, -0.05) is 6.42 Å². The van der Waals surface area contributed by atoms with Gasteiger partial charge in [0.25, 0.3) is 0 Å². The van der Waals surface area contributed by atoms with E-state index in [0.29, 0.717) is 12.0 Å². The minimum Gasteiger partial charge on any atom is -0.496 e. The lowest BCUT2D eigenvalue weighted by molar-refractivity contribution is 0.151. The average Bonchev–Trinajstić information content (AvgIpc) is 3.10. The molecule has 6 nitrogen and oxygen atoms in total. The highest BCUT2D eigenvalue weighted by molar-refractivity contribution is 14.0. The molecule has 152 valence electrons. The van der Waals surface area contributed by atoms with E-state index in [9.17, 15) is 0 Å². The van der Waals surface area contributed by atoms with Gasteiger partial charge in [0.15, 0.2) is 5.96 Å². The molecule has 1 heterocycles. The molecular formula is C20H32IN3O3. The van der Waals surface area contributed by atoms with E-state index in [0.717, 1.165) is 49.3 Å². The summed E-state index contributed by atoms with van der Waals surface area (Å²) in [7, 11) is 5.15. The molecule has 0 aromatic heterocycles. The quantitative estimate of drug-likeness (QED) is 0.275. The van der Waals surface area contributed by atoms with Gasteiger partial charge in [-0.25, -0.2) is 0 Å². The number of methoxy groups -OCH3 is 2. The second kappa shape index (κ2) is 10.2. The van der Waals surface area contributed by atoms with Crippen LogP contribution in [0.1, 0.15) is 32.1 Å². The molecule has 1 aromatic carbocycles. The van der Waals surface area contributed by atoms with Crippen molar-refractivity contribution in [3.63, 3.8) is 0 Å². The zero-order chi connectivity index (χ0) is 18.4. The molecule has 2 fully saturated rings. The average molecular weight is 489 g/mol. The third-order valence-electron chi connectivity index (χ3n) is 5.56. The van der Waals surface area contributed by atoms with Crippen LogP contribution in [0.2, 0.25) is 0 Å². The van der Waals surface area contributed by atoms with E-state index in [1.807, 2.05) is 25.2 Å². The molecule has 0 unspecified atom stereocenters. The lowest BCUT2D eigenvalue weighted by Crippen LogP contribution is -2.43. The zero-order valence-corrected chi connectivity index (χ0v) is 19.0. The van der Waals surface area contributed by atoms with Crippen molar-refractivity contribution >= 4 is 29.9 Å². The van der Waals surface area contributed by atoms with Crippen molar-refractivity contribution in [1.29, 1.82) is 0 Å². The van der Waals surface area contributed by atoms with Crippen LogP contribution in [-0.4, -0.2) is 58.4 Å². The van der Waals surface area contributed by atoms with Crippen molar-refractivity contribution in [1.82, 2.24) is 10.2 Å². The standard InChI is InChI=1S/C20H31N3O3.HI/c1-21-19(23-10-8-20(15-23)6-4-7-20)22-9-5-11-26-18-13-16(24-2)12-17(14-18)25-3;/h12-14H,4-11,15H2,1-3H3,(H,21,22);1H. The van der Waals surface area contributed by atoms with E-state index in [-0.39, 0.29) is 24.0 Å². The molecule has 3 rings (SSSR count). The van der Waals surface area contributed by atoms with E-state index < -0.39 is 0 Å². The Labute approximate surface area is 179 Å². The highest BCUT2D eigenvalue weighted by atomic mass is 127. The first-order valence-electron chi connectivity index (χ1n) is 9.49. The van der Waals surface area contributed by atoms with Crippen LogP contribution in [0.25, 0.3) is 0 Å². The fraction of sp³-hybridized carbons (Fsp3) is 0.650. The van der Waals surface area contributed by atoms with Crippen molar-refractivity contribution in [2.75, 3.05) is 47.5 Å². The van der Waals surface area contributed by atoms with Gasteiger partial charge >= 0.3 is 0 Å². The van der Waals surface area contributed by atoms with E-state index in [1.54, 1.807) is 14.2 Å². The smallest absolute Gasteiger partial charge is 0.193 e. The number of aliphatic imine (C=N–C) groups is 1. The third kappa shape index (κ3) is 5.56. The molecule has 7 heteroatoms. The molecule has 0 amide bonds. The van der Waals surface area contributed by atoms with Crippen molar-refractivity contribution in [3.8, 4) is 17.2 Å². The Morgan fingerprint density at radius 3 is 2.30 bits per heavy atom. The van der Waals surface area contributed by atoms with Crippen LogP contribution in [0.5, 0.6) is 17.2 Å². The Kier molecular flexibility index (Phi) is 8.31. The van der Waals surface area contributed by atoms with Crippen LogP contribution >= 0.6 is 24.0 Å². The SMILES string of the molecule is CN=C(NCCCOc1cc(OC)cc(OC)c1)N1CCC2(CCC2)C1.I. The molecule has 1 aromatic rings. The number of ether oxygens (including phenoxy) is 3. The fourth-order valence-corrected chi connectivity index (χ4v) is 3.86. The summed E-state index contributed by atoms with van der Waals surface area (Å²) in [6.45, 7) is 3.76. The predicted octanol–water partition coefficient (Wildman–Crippen LogP) is 3.54. The maximum Gasteiger partial charge on any atom is 0.193 e. The number of hydrogen-bond acceptors (Lipinski definition) is 4. The summed E-state index contributed by atoms with van der Waals surface area (Å²) in [5.74, 6) is 3.25. The molecule has 1 aliphatic heterocycles. The summed E-state index contributed by atoms with van der Waals surface area (Å²) in [6.07, 6.45) is 6.38. The molecule has 0 bridgehead atoms. The first-order valence-corrected chi connectivity index (χ1v) is 9.49. The molecule has 1 N–H and O–H groups in total. The minimum atomic E-state index is 0. The second-order valence-corrected chi connectivity index (χ2v) is 7.25. The van der Waals surface area contributed by atoms with Gasteiger partial charge in [-0.05, 0) is 31.1 Å². The molecular weight excluding hydrogens is 457 g/mol. The largest absolute Gasteiger partial charge is 0.496 e. The van der Waals surface area contributed by atoms with Crippen molar-refractivity contribution in [2.24, 2.45) is 10.4 Å². The lowest BCUT2D eigenvalue weighted by Gasteiger charge is -2.38. The van der Waals surface area contributed by atoms with Crippen LogP contribution < -0.4 is 19.5 Å². The Hall–Kier alpha value is -1.38. The van der Waals surface area contributed by atoms with Crippen LogP contribution in [0, 0.1) is 5.41 Å². The molecule has 0 radical (unpaired) electrons. The van der Waals surface area contributed by atoms with E-state index >= 15 is 0 Å².